The van der Waals surface area contributed by atoms with E-state index in [1.54, 1.807) is 11.3 Å². The lowest BCUT2D eigenvalue weighted by atomic mass is 9.97. The minimum Gasteiger partial charge on any atom is -0.343 e. The van der Waals surface area contributed by atoms with E-state index >= 15 is 0 Å². The lowest BCUT2D eigenvalue weighted by Crippen LogP contribution is -2.42. The molecule has 2 aromatic carbocycles. The van der Waals surface area contributed by atoms with E-state index in [4.69, 9.17) is 4.98 Å². The van der Waals surface area contributed by atoms with Crippen LogP contribution in [0.2, 0.25) is 0 Å². The second-order valence-corrected chi connectivity index (χ2v) is 10.0. The molecule has 0 radical (unpaired) electrons. The number of thiophene rings is 1. The molecule has 4 aromatic rings. The molecule has 6 heteroatoms. The van der Waals surface area contributed by atoms with Gasteiger partial charge in [-0.05, 0) is 55.1 Å². The van der Waals surface area contributed by atoms with Crippen molar-refractivity contribution in [3.8, 4) is 0 Å². The molecule has 31 heavy (non-hydrogen) atoms. The number of nitrogens with one attached hydrogen (secondary N) is 1. The number of carbonyl (C=O) groups excluding carboxylic acids is 1. The Morgan fingerprint density at radius 3 is 2.55 bits per heavy atom. The first-order valence-corrected chi connectivity index (χ1v) is 12.4. The van der Waals surface area contributed by atoms with E-state index in [0.29, 0.717) is 12.5 Å². The maximum absolute atomic E-state index is 12.9. The summed E-state index contributed by atoms with van der Waals surface area (Å²) < 4.78 is 1.26. The van der Waals surface area contributed by atoms with Gasteiger partial charge >= 0.3 is 0 Å². The van der Waals surface area contributed by atoms with Crippen LogP contribution < -0.4 is 5.32 Å². The number of thiazole rings is 1. The predicted octanol–water partition coefficient (Wildman–Crippen LogP) is 5.44. The summed E-state index contributed by atoms with van der Waals surface area (Å²) in [6, 6.07) is 22.6. The maximum atomic E-state index is 12.9. The second-order valence-electron chi connectivity index (χ2n) is 8.00. The van der Waals surface area contributed by atoms with Gasteiger partial charge < -0.3 is 5.32 Å². The van der Waals surface area contributed by atoms with E-state index in [9.17, 15) is 4.79 Å². The normalized spacial score (nSPS) is 16.4. The summed E-state index contributed by atoms with van der Waals surface area (Å²) >= 11 is 3.50. The molecule has 0 bridgehead atoms. The Bertz CT molecular complexity index is 1100. The molecule has 1 aliphatic heterocycles. The molecular weight excluding hydrogens is 422 g/mol. The fourth-order valence-corrected chi connectivity index (χ4v) is 6.17. The van der Waals surface area contributed by atoms with Gasteiger partial charge in [0.2, 0.25) is 5.91 Å². The minimum atomic E-state index is -0.0889. The molecule has 1 amide bonds. The summed E-state index contributed by atoms with van der Waals surface area (Å²) in [5, 5.41) is 6.57. The second kappa shape index (κ2) is 9.30. The van der Waals surface area contributed by atoms with Crippen LogP contribution in [-0.4, -0.2) is 35.4 Å². The van der Waals surface area contributed by atoms with Gasteiger partial charge in [-0.3, -0.25) is 9.69 Å². The number of aromatic nitrogens is 1. The maximum Gasteiger partial charge on any atom is 0.234 e. The summed E-state index contributed by atoms with van der Waals surface area (Å²) in [6.45, 7) is 2.31. The third-order valence-electron chi connectivity index (χ3n) is 5.88. The monoisotopic (exact) mass is 447 g/mol. The van der Waals surface area contributed by atoms with Gasteiger partial charge in [-0.1, -0.05) is 48.5 Å². The molecular formula is C25H25N3OS2. The number of benzene rings is 2. The number of rotatable bonds is 6. The molecule has 5 rings (SSSR count). The van der Waals surface area contributed by atoms with Crippen LogP contribution >= 0.6 is 22.7 Å². The zero-order valence-corrected chi connectivity index (χ0v) is 18.9. The Labute approximate surface area is 190 Å². The molecule has 1 aliphatic rings. The van der Waals surface area contributed by atoms with Gasteiger partial charge in [0.1, 0.15) is 0 Å². The van der Waals surface area contributed by atoms with Gasteiger partial charge in [-0.2, -0.15) is 0 Å². The highest BCUT2D eigenvalue weighted by Gasteiger charge is 2.25. The average molecular weight is 448 g/mol. The zero-order chi connectivity index (χ0) is 21.0. The van der Waals surface area contributed by atoms with Crippen molar-refractivity contribution in [1.82, 2.24) is 15.2 Å². The van der Waals surface area contributed by atoms with Crippen molar-refractivity contribution in [3.63, 3.8) is 0 Å². The van der Waals surface area contributed by atoms with Crippen LogP contribution in [0, 0.1) is 0 Å². The first kappa shape index (κ1) is 20.4. The van der Waals surface area contributed by atoms with Gasteiger partial charge in [-0.15, -0.1) is 22.7 Å². The fourth-order valence-electron chi connectivity index (χ4n) is 4.23. The number of piperidine rings is 1. The Morgan fingerprint density at radius 1 is 1.03 bits per heavy atom. The number of nitrogens with zero attached hydrogens (tertiary/aromatic N) is 2. The van der Waals surface area contributed by atoms with Crippen molar-refractivity contribution in [2.45, 2.75) is 24.8 Å². The number of amides is 1. The molecule has 1 atom stereocenters. The summed E-state index contributed by atoms with van der Waals surface area (Å²) in [6.07, 6.45) is 2.11. The topological polar surface area (TPSA) is 45.2 Å². The first-order chi connectivity index (χ1) is 15.3. The molecule has 158 valence electrons. The lowest BCUT2D eigenvalue weighted by Gasteiger charge is -2.31. The van der Waals surface area contributed by atoms with Gasteiger partial charge in [-0.25, -0.2) is 4.98 Å². The van der Waals surface area contributed by atoms with E-state index < -0.39 is 0 Å². The summed E-state index contributed by atoms with van der Waals surface area (Å²) in [7, 11) is 0. The third-order valence-corrected chi connectivity index (χ3v) is 8.02. The molecule has 2 aromatic heterocycles. The highest BCUT2D eigenvalue weighted by molar-refractivity contribution is 7.18. The van der Waals surface area contributed by atoms with Crippen LogP contribution in [-0.2, 0) is 4.79 Å². The van der Waals surface area contributed by atoms with E-state index in [-0.39, 0.29) is 11.9 Å². The number of para-hydroxylation sites is 1. The van der Waals surface area contributed by atoms with E-state index in [2.05, 4.69) is 52.0 Å². The predicted molar refractivity (Wildman–Crippen MR) is 129 cm³/mol. The summed E-state index contributed by atoms with van der Waals surface area (Å²) in [4.78, 5) is 21.2. The molecule has 1 fully saturated rings. The van der Waals surface area contributed by atoms with Crippen LogP contribution in [0.1, 0.15) is 40.2 Å². The van der Waals surface area contributed by atoms with Crippen molar-refractivity contribution in [3.05, 3.63) is 87.6 Å². The SMILES string of the molecule is O=C(CN1CCC(c2nc3ccccc3s2)CC1)N[C@@H](c1ccccc1)c1cccs1. The molecule has 1 saturated heterocycles. The number of hydrogen-bond donors (Lipinski definition) is 1. The fraction of sp³-hybridized carbons (Fsp3) is 0.280. The van der Waals surface area contributed by atoms with Crippen molar-refractivity contribution < 1.29 is 4.79 Å². The van der Waals surface area contributed by atoms with E-state index in [0.717, 1.165) is 41.9 Å². The van der Waals surface area contributed by atoms with E-state index in [1.807, 2.05) is 41.7 Å². The molecule has 0 aliphatic carbocycles. The molecule has 3 heterocycles. The Hall–Kier alpha value is -2.54. The smallest absolute Gasteiger partial charge is 0.234 e. The standard InChI is InChI=1S/C25H25N3OS2/c29-23(27-24(22-11-6-16-30-22)18-7-2-1-3-8-18)17-28-14-12-19(13-15-28)25-26-20-9-4-5-10-21(20)31-25/h1-11,16,19,24H,12-15,17H2,(H,27,29)/t24-/m0/s1. The Balaban J connectivity index is 1.19. The summed E-state index contributed by atoms with van der Waals surface area (Å²) in [5.41, 5.74) is 2.22. The van der Waals surface area contributed by atoms with Crippen LogP contribution in [0.5, 0.6) is 0 Å². The zero-order valence-electron chi connectivity index (χ0n) is 17.2. The third kappa shape index (κ3) is 4.71. The Kier molecular flexibility index (Phi) is 6.11. The van der Waals surface area contributed by atoms with Crippen LogP contribution in [0.3, 0.4) is 0 Å². The highest BCUT2D eigenvalue weighted by Crippen LogP contribution is 2.33. The molecule has 0 unspecified atom stereocenters. The number of fused-ring (bicyclic) bond motifs is 1. The lowest BCUT2D eigenvalue weighted by molar-refractivity contribution is -0.123. The van der Waals surface area contributed by atoms with Crippen molar-refractivity contribution >= 4 is 38.8 Å². The van der Waals surface area contributed by atoms with E-state index in [1.165, 1.54) is 9.71 Å². The van der Waals surface area contributed by atoms with Crippen molar-refractivity contribution in [2.24, 2.45) is 0 Å². The first-order valence-electron chi connectivity index (χ1n) is 10.7. The number of hydrogen-bond acceptors (Lipinski definition) is 5. The van der Waals surface area contributed by atoms with Crippen molar-refractivity contribution in [1.29, 1.82) is 0 Å². The quantitative estimate of drug-likeness (QED) is 0.428. The van der Waals surface area contributed by atoms with Gasteiger partial charge in [0.05, 0.1) is 27.8 Å². The van der Waals surface area contributed by atoms with Crippen molar-refractivity contribution in [2.75, 3.05) is 19.6 Å². The average Bonchev–Trinajstić information content (AvgIpc) is 3.49. The van der Waals surface area contributed by atoms with Gasteiger partial charge in [0.25, 0.3) is 0 Å². The Morgan fingerprint density at radius 2 is 1.81 bits per heavy atom. The largest absolute Gasteiger partial charge is 0.343 e. The molecule has 1 N–H and O–H groups in total. The molecule has 0 saturated carbocycles. The minimum absolute atomic E-state index is 0.0840. The van der Waals surface area contributed by atoms with Gasteiger partial charge in [0, 0.05) is 10.8 Å². The van der Waals surface area contributed by atoms with Crippen LogP contribution in [0.15, 0.2) is 72.1 Å². The molecule has 0 spiro atoms. The summed E-state index contributed by atoms with van der Waals surface area (Å²) in [5.74, 6) is 0.584. The molecule has 4 nitrogen and oxygen atoms in total. The van der Waals surface area contributed by atoms with Gasteiger partial charge in [0.15, 0.2) is 0 Å². The highest BCUT2D eigenvalue weighted by atomic mass is 32.1. The van der Waals surface area contributed by atoms with Crippen LogP contribution in [0.25, 0.3) is 10.2 Å². The van der Waals surface area contributed by atoms with Crippen LogP contribution in [0.4, 0.5) is 0 Å². The number of carbonyl (C=O) groups is 1. The number of likely N-dealkylation sites (tertiary alicyclic amines) is 1.